The minimum Gasteiger partial charge on any atom is -0.343 e. The number of piperazine rings is 1. The van der Waals surface area contributed by atoms with Gasteiger partial charge in [-0.2, -0.15) is 0 Å². The summed E-state index contributed by atoms with van der Waals surface area (Å²) in [6.07, 6.45) is 9.87. The minimum absolute atomic E-state index is 0.0152. The number of allylic oxidation sites excluding steroid dienone is 1. The molecule has 1 aromatic carbocycles. The van der Waals surface area contributed by atoms with E-state index in [-0.39, 0.29) is 11.8 Å². The van der Waals surface area contributed by atoms with Gasteiger partial charge in [0.25, 0.3) is 0 Å². The van der Waals surface area contributed by atoms with Crippen LogP contribution in [0.3, 0.4) is 0 Å². The highest BCUT2D eigenvalue weighted by atomic mass is 35.5. The molecule has 4 rings (SSSR count). The first kappa shape index (κ1) is 27.6. The number of carbonyl (C=O) groups is 2. The van der Waals surface area contributed by atoms with Crippen LogP contribution in [0, 0.1) is 5.92 Å². The van der Waals surface area contributed by atoms with Gasteiger partial charge in [0.1, 0.15) is 6.04 Å². The van der Waals surface area contributed by atoms with Gasteiger partial charge in [0.05, 0.1) is 6.04 Å². The van der Waals surface area contributed by atoms with Crippen molar-refractivity contribution in [1.82, 2.24) is 20.4 Å². The molecule has 1 aromatic rings. The Balaban J connectivity index is 1.42. The predicted molar refractivity (Wildman–Crippen MR) is 150 cm³/mol. The lowest BCUT2D eigenvalue weighted by molar-refractivity contribution is -0.138. The molecule has 7 heteroatoms. The molecule has 200 valence electrons. The lowest BCUT2D eigenvalue weighted by Gasteiger charge is -2.41. The number of rotatable bonds is 9. The Labute approximate surface area is 226 Å². The number of hydrogen-bond acceptors (Lipinski definition) is 4. The Morgan fingerprint density at radius 3 is 2.35 bits per heavy atom. The van der Waals surface area contributed by atoms with Crippen molar-refractivity contribution in [2.24, 2.45) is 5.92 Å². The molecule has 0 spiro atoms. The van der Waals surface area contributed by atoms with Gasteiger partial charge in [-0.25, -0.2) is 0 Å². The zero-order valence-electron chi connectivity index (χ0n) is 22.1. The zero-order chi connectivity index (χ0) is 26.4. The predicted octanol–water partition coefficient (Wildman–Crippen LogP) is 4.12. The molecule has 6 nitrogen and oxygen atoms in total. The first-order valence-electron chi connectivity index (χ1n) is 13.7. The van der Waals surface area contributed by atoms with Gasteiger partial charge >= 0.3 is 0 Å². The second kappa shape index (κ2) is 12.9. The highest BCUT2D eigenvalue weighted by Gasteiger charge is 2.34. The van der Waals surface area contributed by atoms with Crippen LogP contribution in [0.25, 0.3) is 0 Å². The third-order valence-electron chi connectivity index (χ3n) is 8.44. The van der Waals surface area contributed by atoms with E-state index < -0.39 is 12.1 Å². The van der Waals surface area contributed by atoms with Crippen molar-refractivity contribution in [3.8, 4) is 0 Å². The van der Waals surface area contributed by atoms with Crippen LogP contribution in [0.5, 0.6) is 0 Å². The summed E-state index contributed by atoms with van der Waals surface area (Å²) in [5, 5.41) is 7.02. The summed E-state index contributed by atoms with van der Waals surface area (Å²) in [6.45, 7) is 13.8. The average Bonchev–Trinajstić information content (AvgIpc) is 3.48. The fourth-order valence-electron chi connectivity index (χ4n) is 6.01. The number of halogens is 1. The number of carbonyl (C=O) groups excluding carboxylic acids is 2. The van der Waals surface area contributed by atoms with E-state index in [0.29, 0.717) is 43.5 Å². The number of amides is 2. The van der Waals surface area contributed by atoms with Gasteiger partial charge in [-0.3, -0.25) is 14.5 Å². The van der Waals surface area contributed by atoms with E-state index in [4.69, 9.17) is 11.6 Å². The van der Waals surface area contributed by atoms with Gasteiger partial charge in [0.2, 0.25) is 11.8 Å². The van der Waals surface area contributed by atoms with Gasteiger partial charge in [-0.1, -0.05) is 61.9 Å². The smallest absolute Gasteiger partial charge is 0.245 e. The average molecular weight is 525 g/mol. The van der Waals surface area contributed by atoms with Crippen molar-refractivity contribution in [2.45, 2.75) is 63.6 Å². The Kier molecular flexibility index (Phi) is 9.63. The summed E-state index contributed by atoms with van der Waals surface area (Å²) >= 11 is 6.08. The van der Waals surface area contributed by atoms with Crippen LogP contribution in [-0.2, 0) is 16.0 Å². The van der Waals surface area contributed by atoms with E-state index in [1.807, 2.05) is 29.2 Å². The molecule has 0 aromatic heterocycles. The van der Waals surface area contributed by atoms with Crippen molar-refractivity contribution in [2.75, 3.05) is 32.7 Å². The minimum atomic E-state index is -0.633. The van der Waals surface area contributed by atoms with Crippen molar-refractivity contribution in [1.29, 1.82) is 0 Å². The van der Waals surface area contributed by atoms with Crippen LogP contribution < -0.4 is 10.6 Å². The number of hydrogen-bond donors (Lipinski definition) is 2. The first-order valence-corrected chi connectivity index (χ1v) is 14.0. The Morgan fingerprint density at radius 2 is 1.73 bits per heavy atom. The Hall–Kier alpha value is -2.41. The monoisotopic (exact) mass is 524 g/mol. The topological polar surface area (TPSA) is 64.7 Å². The second-order valence-corrected chi connectivity index (χ2v) is 11.1. The summed E-state index contributed by atoms with van der Waals surface area (Å²) in [5.74, 6) is 0.597. The molecule has 2 aliphatic heterocycles. The second-order valence-electron chi connectivity index (χ2n) is 10.6. The zero-order valence-corrected chi connectivity index (χ0v) is 22.8. The molecule has 1 saturated heterocycles. The lowest BCUT2D eigenvalue weighted by atomic mass is 9.95. The Bertz CT molecular complexity index is 1010. The number of benzene rings is 1. The largest absolute Gasteiger partial charge is 0.343 e. The van der Waals surface area contributed by atoms with Crippen molar-refractivity contribution >= 4 is 23.4 Å². The van der Waals surface area contributed by atoms with Crippen LogP contribution in [0.15, 0.2) is 60.7 Å². The molecule has 37 heavy (non-hydrogen) atoms. The van der Waals surface area contributed by atoms with Gasteiger partial charge < -0.3 is 15.5 Å². The molecule has 3 atom stereocenters. The standard InChI is InChI=1S/C30H41ClN4O2/c1-4-23-19-27(32-20-24(23)5-2)29(36)33-28(18-22-10-12-26(31)13-11-22)30(37)35-16-14-34(15-17-35)21(3)25-8-6-7-9-25/h4-5,10-13,21,25,27-28,32H,1-2,6-9,14-20H2,3H3,(H,33,36). The van der Waals surface area contributed by atoms with Crippen LogP contribution in [0.1, 0.15) is 44.6 Å². The summed E-state index contributed by atoms with van der Waals surface area (Å²) in [7, 11) is 0. The van der Waals surface area contributed by atoms with E-state index in [0.717, 1.165) is 35.7 Å². The summed E-state index contributed by atoms with van der Waals surface area (Å²) in [6, 6.07) is 7.00. The van der Waals surface area contributed by atoms with Gasteiger partial charge in [0, 0.05) is 50.2 Å². The third-order valence-corrected chi connectivity index (χ3v) is 8.69. The van der Waals surface area contributed by atoms with Crippen molar-refractivity contribution in [3.05, 3.63) is 71.3 Å². The molecule has 0 radical (unpaired) electrons. The van der Waals surface area contributed by atoms with E-state index in [2.05, 4.69) is 35.6 Å². The van der Waals surface area contributed by atoms with Gasteiger partial charge in [-0.05, 0) is 60.9 Å². The molecule has 2 N–H and O–H groups in total. The first-order chi connectivity index (χ1) is 17.9. The van der Waals surface area contributed by atoms with Gasteiger partial charge in [0.15, 0.2) is 0 Å². The molecule has 2 amide bonds. The van der Waals surface area contributed by atoms with E-state index in [1.54, 1.807) is 12.2 Å². The van der Waals surface area contributed by atoms with Crippen LogP contribution >= 0.6 is 11.6 Å². The molecule has 2 fully saturated rings. The highest BCUT2D eigenvalue weighted by molar-refractivity contribution is 6.30. The maximum Gasteiger partial charge on any atom is 0.245 e. The normalized spacial score (nSPS) is 23.0. The summed E-state index contributed by atoms with van der Waals surface area (Å²) in [5.41, 5.74) is 3.04. The van der Waals surface area contributed by atoms with E-state index in [9.17, 15) is 9.59 Å². The number of nitrogens with zero attached hydrogens (tertiary/aromatic N) is 2. The van der Waals surface area contributed by atoms with Crippen molar-refractivity contribution < 1.29 is 9.59 Å². The summed E-state index contributed by atoms with van der Waals surface area (Å²) in [4.78, 5) is 31.5. The van der Waals surface area contributed by atoms with Crippen molar-refractivity contribution in [3.63, 3.8) is 0 Å². The molecular weight excluding hydrogens is 484 g/mol. The molecule has 0 bridgehead atoms. The SMILES string of the molecule is C=CC1=C(C=C)CC(C(=O)NC(Cc2ccc(Cl)cc2)C(=O)N2CCN(C(C)C3CCCC3)CC2)NC1. The van der Waals surface area contributed by atoms with Crippen LogP contribution in [0.4, 0.5) is 0 Å². The van der Waals surface area contributed by atoms with E-state index >= 15 is 0 Å². The molecule has 1 saturated carbocycles. The molecule has 3 unspecified atom stereocenters. The fraction of sp³-hybridized carbons (Fsp3) is 0.533. The molecular formula is C30H41ClN4O2. The molecule has 1 aliphatic carbocycles. The highest BCUT2D eigenvalue weighted by Crippen LogP contribution is 2.30. The molecule has 3 aliphatic rings. The quantitative estimate of drug-likeness (QED) is 0.510. The third kappa shape index (κ3) is 6.92. The molecule has 2 heterocycles. The van der Waals surface area contributed by atoms with Crippen LogP contribution in [-0.4, -0.2) is 72.5 Å². The maximum atomic E-state index is 13.7. The number of nitrogens with one attached hydrogen (secondary N) is 2. The lowest BCUT2D eigenvalue weighted by Crippen LogP contribution is -2.59. The van der Waals surface area contributed by atoms with Crippen LogP contribution in [0.2, 0.25) is 5.02 Å². The Morgan fingerprint density at radius 1 is 1.08 bits per heavy atom. The maximum absolute atomic E-state index is 13.7. The van der Waals surface area contributed by atoms with Gasteiger partial charge in [-0.15, -0.1) is 0 Å². The van der Waals surface area contributed by atoms with E-state index in [1.165, 1.54) is 25.7 Å². The summed E-state index contributed by atoms with van der Waals surface area (Å²) < 4.78 is 0. The fourth-order valence-corrected chi connectivity index (χ4v) is 6.14.